The number of nitrogens with zero attached hydrogens (tertiary/aromatic N) is 1. The first-order chi connectivity index (χ1) is 14.3. The third-order valence-corrected chi connectivity index (χ3v) is 6.13. The number of aromatic nitrogens is 1. The van der Waals surface area contributed by atoms with E-state index in [9.17, 15) is 18.3 Å². The Balaban J connectivity index is 1.65. The highest BCUT2D eigenvalue weighted by atomic mass is 32.2. The van der Waals surface area contributed by atoms with Crippen LogP contribution < -0.4 is 10.0 Å². The average Bonchev–Trinajstić information content (AvgIpc) is 3.19. The van der Waals surface area contributed by atoms with Crippen molar-refractivity contribution in [1.82, 2.24) is 10.5 Å². The summed E-state index contributed by atoms with van der Waals surface area (Å²) < 4.78 is 33.3. The number of hydrogen-bond donors (Lipinski definition) is 3. The van der Waals surface area contributed by atoms with E-state index in [-0.39, 0.29) is 21.7 Å². The summed E-state index contributed by atoms with van der Waals surface area (Å²) in [6.45, 7) is 3.62. The number of amides is 1. The number of aryl methyl sites for hydroxylation is 1. The molecule has 1 aromatic heterocycles. The SMILES string of the molecule is Cc1onc(C#Cc2cccc(S(=O)(=O)Nc3cccc4c3C(O)NC4=O)c2)c1C. The van der Waals surface area contributed by atoms with Crippen molar-refractivity contribution in [2.75, 3.05) is 4.72 Å². The van der Waals surface area contributed by atoms with Gasteiger partial charge < -0.3 is 14.9 Å². The molecule has 9 heteroatoms. The largest absolute Gasteiger partial charge is 0.369 e. The molecule has 2 heterocycles. The van der Waals surface area contributed by atoms with E-state index < -0.39 is 22.2 Å². The topological polar surface area (TPSA) is 122 Å². The van der Waals surface area contributed by atoms with Gasteiger partial charge in [0.2, 0.25) is 0 Å². The number of carbonyl (C=O) groups is 1. The molecule has 4 rings (SSSR count). The van der Waals surface area contributed by atoms with E-state index in [0.29, 0.717) is 17.0 Å². The third-order valence-electron chi connectivity index (χ3n) is 4.76. The molecule has 8 nitrogen and oxygen atoms in total. The van der Waals surface area contributed by atoms with Gasteiger partial charge in [-0.1, -0.05) is 23.2 Å². The van der Waals surface area contributed by atoms with E-state index in [4.69, 9.17) is 4.52 Å². The fourth-order valence-electron chi connectivity index (χ4n) is 3.03. The van der Waals surface area contributed by atoms with Crippen molar-refractivity contribution in [3.05, 3.63) is 76.2 Å². The molecule has 0 aliphatic carbocycles. The van der Waals surface area contributed by atoms with Crippen molar-refractivity contribution in [1.29, 1.82) is 0 Å². The minimum atomic E-state index is -3.99. The van der Waals surface area contributed by atoms with Crippen molar-refractivity contribution < 1.29 is 22.8 Å². The van der Waals surface area contributed by atoms with Gasteiger partial charge in [-0.15, -0.1) is 0 Å². The maximum atomic E-state index is 12.9. The maximum Gasteiger partial charge on any atom is 0.261 e. The number of hydrogen-bond acceptors (Lipinski definition) is 6. The highest BCUT2D eigenvalue weighted by Gasteiger charge is 2.30. The molecule has 0 saturated heterocycles. The smallest absolute Gasteiger partial charge is 0.261 e. The number of benzene rings is 2. The summed E-state index contributed by atoms with van der Waals surface area (Å²) in [5.41, 5.74) is 2.34. The van der Waals surface area contributed by atoms with Gasteiger partial charge in [0.25, 0.3) is 15.9 Å². The molecule has 1 unspecified atom stereocenters. The van der Waals surface area contributed by atoms with Crippen LogP contribution in [0.25, 0.3) is 0 Å². The Kier molecular flexibility index (Phi) is 4.81. The normalized spacial score (nSPS) is 15.2. The van der Waals surface area contributed by atoms with Gasteiger partial charge in [0.15, 0.2) is 11.9 Å². The lowest BCUT2D eigenvalue weighted by molar-refractivity contribution is 0.0851. The molecule has 1 amide bonds. The lowest BCUT2D eigenvalue weighted by atomic mass is 10.1. The van der Waals surface area contributed by atoms with Gasteiger partial charge in [0.1, 0.15) is 5.76 Å². The number of aliphatic hydroxyl groups is 1. The summed E-state index contributed by atoms with van der Waals surface area (Å²) in [5.74, 6) is 5.97. The predicted octanol–water partition coefficient (Wildman–Crippen LogP) is 2.23. The Morgan fingerprint density at radius 3 is 2.67 bits per heavy atom. The standard InChI is InChI=1S/C21H17N3O5S/c1-12-13(2)29-23-17(12)10-9-14-5-3-6-15(11-14)30(27,28)24-18-8-4-7-16-19(18)21(26)22-20(16)25/h3-8,11,21,24,26H,1-2H3,(H,22,25). The minimum Gasteiger partial charge on any atom is -0.369 e. The molecular formula is C21H17N3O5S. The van der Waals surface area contributed by atoms with Crippen LogP contribution in [0.15, 0.2) is 51.9 Å². The first-order valence-corrected chi connectivity index (χ1v) is 10.4. The molecule has 0 bridgehead atoms. The average molecular weight is 423 g/mol. The van der Waals surface area contributed by atoms with Crippen molar-refractivity contribution >= 4 is 21.6 Å². The third kappa shape index (κ3) is 3.54. The van der Waals surface area contributed by atoms with E-state index in [1.165, 1.54) is 24.3 Å². The van der Waals surface area contributed by atoms with Crippen molar-refractivity contribution in [3.63, 3.8) is 0 Å². The summed E-state index contributed by atoms with van der Waals surface area (Å²) >= 11 is 0. The van der Waals surface area contributed by atoms with Gasteiger partial charge in [-0.25, -0.2) is 8.42 Å². The van der Waals surface area contributed by atoms with Crippen LogP contribution in [0, 0.1) is 25.7 Å². The minimum absolute atomic E-state index is 0.00766. The molecular weight excluding hydrogens is 406 g/mol. The zero-order valence-corrected chi connectivity index (χ0v) is 16.9. The predicted molar refractivity (Wildman–Crippen MR) is 108 cm³/mol. The van der Waals surface area contributed by atoms with E-state index in [1.54, 1.807) is 25.1 Å². The second-order valence-corrected chi connectivity index (χ2v) is 8.42. The summed E-state index contributed by atoms with van der Waals surface area (Å²) in [7, 11) is -3.99. The Morgan fingerprint density at radius 2 is 1.93 bits per heavy atom. The summed E-state index contributed by atoms with van der Waals surface area (Å²) in [6.07, 6.45) is -1.28. The maximum absolute atomic E-state index is 12.9. The van der Waals surface area contributed by atoms with Crippen LogP contribution in [0.1, 0.15) is 44.7 Å². The molecule has 0 fully saturated rings. The summed E-state index contributed by atoms with van der Waals surface area (Å²) in [6, 6.07) is 10.7. The van der Waals surface area contributed by atoms with E-state index in [2.05, 4.69) is 27.0 Å². The zero-order chi connectivity index (χ0) is 21.5. The van der Waals surface area contributed by atoms with Crippen LogP contribution in [0.3, 0.4) is 0 Å². The van der Waals surface area contributed by atoms with E-state index >= 15 is 0 Å². The number of fused-ring (bicyclic) bond motifs is 1. The number of sulfonamides is 1. The molecule has 30 heavy (non-hydrogen) atoms. The molecule has 0 spiro atoms. The quantitative estimate of drug-likeness (QED) is 0.556. The molecule has 1 aliphatic rings. The van der Waals surface area contributed by atoms with Crippen LogP contribution in [0.5, 0.6) is 0 Å². The highest BCUT2D eigenvalue weighted by molar-refractivity contribution is 7.92. The first-order valence-electron chi connectivity index (χ1n) is 8.96. The van der Waals surface area contributed by atoms with Gasteiger partial charge >= 0.3 is 0 Å². The number of nitrogens with one attached hydrogen (secondary N) is 2. The van der Waals surface area contributed by atoms with Gasteiger partial charge in [-0.05, 0) is 50.1 Å². The molecule has 2 aromatic carbocycles. The fraction of sp³-hybridized carbons (Fsp3) is 0.143. The molecule has 1 aliphatic heterocycles. The molecule has 0 radical (unpaired) electrons. The number of rotatable bonds is 3. The molecule has 1 atom stereocenters. The molecule has 3 N–H and O–H groups in total. The Morgan fingerprint density at radius 1 is 1.17 bits per heavy atom. The molecule has 152 valence electrons. The lowest BCUT2D eigenvalue weighted by Crippen LogP contribution is -2.19. The van der Waals surface area contributed by atoms with Gasteiger partial charge in [0.05, 0.1) is 10.6 Å². The monoisotopic (exact) mass is 423 g/mol. The van der Waals surface area contributed by atoms with Crippen LogP contribution >= 0.6 is 0 Å². The second kappa shape index (κ2) is 7.33. The van der Waals surface area contributed by atoms with Gasteiger partial charge in [0, 0.05) is 22.3 Å². The number of aliphatic hydroxyl groups excluding tert-OH is 1. The van der Waals surface area contributed by atoms with Crippen LogP contribution in [-0.4, -0.2) is 24.6 Å². The Labute approximate surface area is 173 Å². The fourth-order valence-corrected chi connectivity index (χ4v) is 4.16. The summed E-state index contributed by atoms with van der Waals surface area (Å²) in [4.78, 5) is 11.8. The Hall–Kier alpha value is -3.61. The van der Waals surface area contributed by atoms with Crippen LogP contribution in [0.4, 0.5) is 5.69 Å². The molecule has 0 saturated carbocycles. The van der Waals surface area contributed by atoms with E-state index in [1.807, 2.05) is 6.92 Å². The van der Waals surface area contributed by atoms with Gasteiger partial charge in [-0.3, -0.25) is 9.52 Å². The Bertz CT molecular complexity index is 1330. The summed E-state index contributed by atoms with van der Waals surface area (Å²) in [5, 5.41) is 16.3. The molecule has 3 aromatic rings. The van der Waals surface area contributed by atoms with Gasteiger partial charge in [-0.2, -0.15) is 0 Å². The number of carbonyl (C=O) groups excluding carboxylic acids is 1. The second-order valence-electron chi connectivity index (χ2n) is 6.74. The highest BCUT2D eigenvalue weighted by Crippen LogP contribution is 2.32. The van der Waals surface area contributed by atoms with Crippen LogP contribution in [0.2, 0.25) is 0 Å². The number of anilines is 1. The van der Waals surface area contributed by atoms with E-state index in [0.717, 1.165) is 5.56 Å². The van der Waals surface area contributed by atoms with Crippen molar-refractivity contribution in [3.8, 4) is 11.8 Å². The van der Waals surface area contributed by atoms with Crippen molar-refractivity contribution in [2.45, 2.75) is 25.0 Å². The van der Waals surface area contributed by atoms with Crippen LogP contribution in [-0.2, 0) is 10.0 Å². The first kappa shape index (κ1) is 19.7. The lowest BCUT2D eigenvalue weighted by Gasteiger charge is -2.13. The van der Waals surface area contributed by atoms with Crippen molar-refractivity contribution in [2.24, 2.45) is 0 Å². The zero-order valence-electron chi connectivity index (χ0n) is 16.1.